The summed E-state index contributed by atoms with van der Waals surface area (Å²) in [7, 11) is 0. The van der Waals surface area contributed by atoms with Crippen LogP contribution in [0.3, 0.4) is 0 Å². The zero-order valence-corrected chi connectivity index (χ0v) is 12.4. The Hall–Kier alpha value is -1.35. The van der Waals surface area contributed by atoms with Gasteiger partial charge < -0.3 is 9.15 Å². The van der Waals surface area contributed by atoms with E-state index in [1.165, 1.54) is 6.92 Å². The first kappa shape index (κ1) is 15.0. The molecular formula is C11H7BrF3NO3S. The minimum Gasteiger partial charge on any atom is -0.460 e. The van der Waals surface area contributed by atoms with Crippen molar-refractivity contribution in [3.63, 3.8) is 0 Å². The number of esters is 1. The molecule has 0 N–H and O–H groups in total. The fourth-order valence-corrected chi connectivity index (χ4v) is 2.86. The third-order valence-electron chi connectivity index (χ3n) is 2.17. The summed E-state index contributed by atoms with van der Waals surface area (Å²) in [5.74, 6) is -2.40. The number of halogens is 4. The van der Waals surface area contributed by atoms with E-state index < -0.39 is 23.6 Å². The van der Waals surface area contributed by atoms with Crippen LogP contribution in [0, 0.1) is 0 Å². The Kier molecular flexibility index (Phi) is 4.19. The highest BCUT2D eigenvalue weighted by Crippen LogP contribution is 2.38. The summed E-state index contributed by atoms with van der Waals surface area (Å²) in [6, 6.07) is 1.64. The van der Waals surface area contributed by atoms with Gasteiger partial charge in [0.25, 0.3) is 0 Å². The highest BCUT2D eigenvalue weighted by atomic mass is 79.9. The van der Waals surface area contributed by atoms with Gasteiger partial charge in [-0.05, 0) is 34.3 Å². The number of hydrogen-bond acceptors (Lipinski definition) is 5. The lowest BCUT2D eigenvalue weighted by atomic mass is 10.3. The summed E-state index contributed by atoms with van der Waals surface area (Å²) in [4.78, 5) is 15.3. The lowest BCUT2D eigenvalue weighted by molar-refractivity contribution is -0.141. The second-order valence-corrected chi connectivity index (χ2v) is 5.28. The molecule has 0 radical (unpaired) electrons. The largest absolute Gasteiger partial charge is 0.460 e. The van der Waals surface area contributed by atoms with Gasteiger partial charge in [0, 0.05) is 4.47 Å². The van der Waals surface area contributed by atoms with E-state index in [0.29, 0.717) is 9.35 Å². The average Bonchev–Trinajstić information content (AvgIpc) is 2.94. The minimum absolute atomic E-state index is 0.0607. The van der Waals surface area contributed by atoms with Gasteiger partial charge in [0.15, 0.2) is 5.69 Å². The van der Waals surface area contributed by atoms with Crippen LogP contribution in [0.25, 0.3) is 10.8 Å². The molecule has 0 fully saturated rings. The van der Waals surface area contributed by atoms with Crippen LogP contribution < -0.4 is 0 Å². The third kappa shape index (κ3) is 2.88. The van der Waals surface area contributed by atoms with E-state index in [1.54, 1.807) is 11.4 Å². The Balaban J connectivity index is 2.53. The highest BCUT2D eigenvalue weighted by molar-refractivity contribution is 9.10. The van der Waals surface area contributed by atoms with Gasteiger partial charge in [-0.1, -0.05) is 0 Å². The lowest BCUT2D eigenvalue weighted by Gasteiger charge is -2.03. The third-order valence-corrected chi connectivity index (χ3v) is 3.99. The smallest absolute Gasteiger partial charge is 0.437 e. The van der Waals surface area contributed by atoms with Crippen LogP contribution in [0.4, 0.5) is 13.2 Å². The molecule has 0 atom stereocenters. The Morgan fingerprint density at radius 3 is 2.75 bits per heavy atom. The molecule has 9 heteroatoms. The molecule has 0 aliphatic carbocycles. The van der Waals surface area contributed by atoms with Gasteiger partial charge in [-0.25, -0.2) is 9.78 Å². The molecule has 2 aromatic rings. The standard InChI is InChI=1S/C11H7BrF3NO3S/c1-2-18-10(17)6-8(11(13,14)15)16-9(19-6)7-5(12)3-4-20-7/h3-4H,2H2,1H3. The number of rotatable bonds is 3. The zero-order chi connectivity index (χ0) is 14.9. The van der Waals surface area contributed by atoms with E-state index in [-0.39, 0.29) is 12.5 Å². The van der Waals surface area contributed by atoms with Crippen LogP contribution in [0.5, 0.6) is 0 Å². The molecule has 0 spiro atoms. The first-order chi connectivity index (χ1) is 9.34. The molecule has 0 unspecified atom stereocenters. The molecular weight excluding hydrogens is 363 g/mol. The van der Waals surface area contributed by atoms with E-state index >= 15 is 0 Å². The second-order valence-electron chi connectivity index (χ2n) is 3.51. The maximum Gasteiger partial charge on any atom is 0.437 e. The van der Waals surface area contributed by atoms with Crippen molar-refractivity contribution in [2.24, 2.45) is 0 Å². The predicted octanol–water partition coefficient (Wildman–Crippen LogP) is 4.36. The summed E-state index contributed by atoms with van der Waals surface area (Å²) in [5, 5.41) is 1.65. The van der Waals surface area contributed by atoms with Crippen LogP contribution >= 0.6 is 27.3 Å². The number of ether oxygens (including phenoxy) is 1. The van der Waals surface area contributed by atoms with Gasteiger partial charge in [0.1, 0.15) is 4.88 Å². The van der Waals surface area contributed by atoms with Crippen molar-refractivity contribution in [2.75, 3.05) is 6.61 Å². The van der Waals surface area contributed by atoms with E-state index in [9.17, 15) is 18.0 Å². The number of thiophene rings is 1. The molecule has 0 aliphatic rings. The van der Waals surface area contributed by atoms with E-state index in [0.717, 1.165) is 11.3 Å². The van der Waals surface area contributed by atoms with Crippen LogP contribution in [0.15, 0.2) is 20.3 Å². The lowest BCUT2D eigenvalue weighted by Crippen LogP contribution is -2.14. The molecule has 0 aromatic carbocycles. The van der Waals surface area contributed by atoms with Crippen molar-refractivity contribution in [1.29, 1.82) is 0 Å². The number of carbonyl (C=O) groups excluding carboxylic acids is 1. The molecule has 0 saturated carbocycles. The monoisotopic (exact) mass is 369 g/mol. The van der Waals surface area contributed by atoms with Crippen molar-refractivity contribution in [1.82, 2.24) is 4.98 Å². The van der Waals surface area contributed by atoms with Crippen molar-refractivity contribution in [3.8, 4) is 10.8 Å². The van der Waals surface area contributed by atoms with Crippen molar-refractivity contribution < 1.29 is 27.1 Å². The first-order valence-electron chi connectivity index (χ1n) is 5.33. The van der Waals surface area contributed by atoms with Gasteiger partial charge in [-0.3, -0.25) is 0 Å². The quantitative estimate of drug-likeness (QED) is 0.754. The number of nitrogens with zero attached hydrogens (tertiary/aromatic N) is 1. The Labute approximate surface area is 123 Å². The fraction of sp³-hybridized carbons (Fsp3) is 0.273. The van der Waals surface area contributed by atoms with Gasteiger partial charge in [-0.15, -0.1) is 11.3 Å². The molecule has 108 valence electrons. The predicted molar refractivity (Wildman–Crippen MR) is 68.5 cm³/mol. The van der Waals surface area contributed by atoms with Crippen molar-refractivity contribution in [3.05, 3.63) is 27.4 Å². The number of oxazole rings is 1. The number of aromatic nitrogens is 1. The van der Waals surface area contributed by atoms with Gasteiger partial charge >= 0.3 is 12.1 Å². The molecule has 4 nitrogen and oxygen atoms in total. The van der Waals surface area contributed by atoms with Crippen LogP contribution in [-0.2, 0) is 10.9 Å². The molecule has 0 aliphatic heterocycles. The summed E-state index contributed by atoms with van der Waals surface area (Å²) < 4.78 is 48.6. The molecule has 20 heavy (non-hydrogen) atoms. The molecule has 0 saturated heterocycles. The van der Waals surface area contributed by atoms with Gasteiger partial charge in [0.2, 0.25) is 11.7 Å². The Morgan fingerprint density at radius 1 is 1.55 bits per heavy atom. The first-order valence-corrected chi connectivity index (χ1v) is 7.00. The summed E-state index contributed by atoms with van der Waals surface area (Å²) >= 11 is 4.31. The van der Waals surface area contributed by atoms with Crippen LogP contribution in [-0.4, -0.2) is 17.6 Å². The van der Waals surface area contributed by atoms with Crippen LogP contribution in [0.2, 0.25) is 0 Å². The molecule has 2 aromatic heterocycles. The number of carbonyl (C=O) groups is 1. The summed E-state index contributed by atoms with van der Waals surface area (Å²) in [6.45, 7) is 1.42. The van der Waals surface area contributed by atoms with Gasteiger partial charge in [-0.2, -0.15) is 13.2 Å². The fourth-order valence-electron chi connectivity index (χ4n) is 1.39. The average molecular weight is 370 g/mol. The summed E-state index contributed by atoms with van der Waals surface area (Å²) in [6.07, 6.45) is -4.80. The summed E-state index contributed by atoms with van der Waals surface area (Å²) in [5.41, 5.74) is -1.38. The molecule has 0 bridgehead atoms. The van der Waals surface area contributed by atoms with Crippen molar-refractivity contribution in [2.45, 2.75) is 13.1 Å². The van der Waals surface area contributed by atoms with Crippen molar-refractivity contribution >= 4 is 33.2 Å². The Bertz CT molecular complexity index is 635. The maximum atomic E-state index is 12.9. The molecule has 2 heterocycles. The van der Waals surface area contributed by atoms with Crippen LogP contribution in [0.1, 0.15) is 23.2 Å². The van der Waals surface area contributed by atoms with E-state index in [1.807, 2.05) is 0 Å². The molecule has 2 rings (SSSR count). The zero-order valence-electron chi connectivity index (χ0n) is 9.95. The molecule has 0 amide bonds. The van der Waals surface area contributed by atoms with E-state index in [4.69, 9.17) is 4.42 Å². The number of alkyl halides is 3. The SMILES string of the molecule is CCOC(=O)c1oc(-c2sccc2Br)nc1C(F)(F)F. The maximum absolute atomic E-state index is 12.9. The Morgan fingerprint density at radius 2 is 2.25 bits per heavy atom. The topological polar surface area (TPSA) is 52.3 Å². The highest BCUT2D eigenvalue weighted by Gasteiger charge is 2.42. The normalized spacial score (nSPS) is 11.7. The second kappa shape index (κ2) is 5.57. The van der Waals surface area contributed by atoms with E-state index in [2.05, 4.69) is 25.7 Å². The minimum atomic E-state index is -4.80. The number of hydrogen-bond donors (Lipinski definition) is 0. The van der Waals surface area contributed by atoms with Gasteiger partial charge in [0.05, 0.1) is 6.61 Å².